The van der Waals surface area contributed by atoms with Crippen molar-refractivity contribution in [1.82, 2.24) is 4.90 Å². The molecule has 3 aliphatic rings. The predicted octanol–water partition coefficient (Wildman–Crippen LogP) is 11.1. The van der Waals surface area contributed by atoms with E-state index < -0.39 is 11.8 Å². The molecule has 59 heavy (non-hydrogen) atoms. The maximum Gasteiger partial charge on any atom is 0.239 e. The zero-order valence-corrected chi connectivity index (χ0v) is 36.9. The first-order valence-corrected chi connectivity index (χ1v) is 22.9. The zero-order chi connectivity index (χ0) is 42.2. The number of fused-ring (bicyclic) bond motifs is 2. The van der Waals surface area contributed by atoms with Crippen LogP contribution < -0.4 is 9.47 Å². The van der Waals surface area contributed by atoms with E-state index in [0.29, 0.717) is 25.9 Å². The summed E-state index contributed by atoms with van der Waals surface area (Å²) in [6.45, 7) is 13.4. The van der Waals surface area contributed by atoms with Gasteiger partial charge >= 0.3 is 0 Å². The Bertz CT molecular complexity index is 1710. The lowest BCUT2D eigenvalue weighted by Gasteiger charge is -2.59. The minimum absolute atomic E-state index is 0.0722. The average molecular weight is 815 g/mol. The lowest BCUT2D eigenvalue weighted by atomic mass is 9.55. The number of unbranched alkanes of at least 4 members (excludes halogenated alkanes) is 10. The number of hydrogen-bond donors (Lipinski definition) is 2. The zero-order valence-electron chi connectivity index (χ0n) is 36.9. The van der Waals surface area contributed by atoms with Gasteiger partial charge in [-0.15, -0.1) is 6.58 Å². The summed E-state index contributed by atoms with van der Waals surface area (Å²) in [5.74, 6) is 0.932. The first-order chi connectivity index (χ1) is 28.7. The number of oxime groups is 1. The number of aryl methyl sites for hydroxylation is 2. The van der Waals surface area contributed by atoms with Gasteiger partial charge in [0.2, 0.25) is 11.7 Å². The second-order valence-corrected chi connectivity index (χ2v) is 17.1. The van der Waals surface area contributed by atoms with Crippen molar-refractivity contribution < 1.29 is 34.1 Å². The molecule has 1 fully saturated rings. The number of rotatable bonds is 26. The van der Waals surface area contributed by atoms with E-state index in [1.165, 1.54) is 44.1 Å². The van der Waals surface area contributed by atoms with Crippen LogP contribution in [0, 0.1) is 31.6 Å². The highest BCUT2D eigenvalue weighted by molar-refractivity contribution is 6.03. The molecule has 0 radical (unpaired) electrons. The Balaban J connectivity index is 1.59. The third-order valence-corrected chi connectivity index (χ3v) is 13.0. The van der Waals surface area contributed by atoms with Crippen molar-refractivity contribution in [3.05, 3.63) is 77.4 Å². The SMILES string of the molecule is C=CCOC12Oc3ccc(Oc4ccc(C)c(C)c4)cc3C3C(CCCCO)C(CCCCO)C=C(C(=NOCC)CC1N(C)C(=O)CCCCCCCCCCC)C32. The van der Waals surface area contributed by atoms with Crippen LogP contribution in [-0.4, -0.2) is 72.0 Å². The molecule has 2 aliphatic carbocycles. The molecule has 0 bridgehead atoms. The van der Waals surface area contributed by atoms with Crippen LogP contribution in [-0.2, 0) is 14.4 Å². The number of allylic oxidation sites excluding steroid dienone is 1. The van der Waals surface area contributed by atoms with Gasteiger partial charge < -0.3 is 34.2 Å². The molecule has 1 saturated carbocycles. The fourth-order valence-electron chi connectivity index (χ4n) is 9.78. The van der Waals surface area contributed by atoms with Gasteiger partial charge in [0, 0.05) is 44.6 Å². The summed E-state index contributed by atoms with van der Waals surface area (Å²) in [6.07, 6.45) is 20.7. The normalized spacial score (nSPS) is 23.8. The summed E-state index contributed by atoms with van der Waals surface area (Å²) in [5.41, 5.74) is 5.28. The van der Waals surface area contributed by atoms with Gasteiger partial charge in [-0.3, -0.25) is 4.79 Å². The molecule has 1 aliphatic heterocycles. The number of likely N-dealkylation sites (N-methyl/N-ethyl adjacent to an activating group) is 1. The quantitative estimate of drug-likeness (QED) is 0.0553. The Morgan fingerprint density at radius 1 is 0.898 bits per heavy atom. The van der Waals surface area contributed by atoms with Crippen LogP contribution in [0.3, 0.4) is 0 Å². The van der Waals surface area contributed by atoms with Crippen LogP contribution >= 0.6 is 0 Å². The van der Waals surface area contributed by atoms with E-state index in [4.69, 9.17) is 24.2 Å². The summed E-state index contributed by atoms with van der Waals surface area (Å²) in [6, 6.07) is 11.8. The Labute approximate surface area is 355 Å². The number of ether oxygens (including phenoxy) is 3. The third-order valence-electron chi connectivity index (χ3n) is 13.0. The first-order valence-electron chi connectivity index (χ1n) is 22.9. The van der Waals surface area contributed by atoms with E-state index in [-0.39, 0.29) is 49.4 Å². The van der Waals surface area contributed by atoms with Gasteiger partial charge in [-0.2, -0.15) is 0 Å². The maximum atomic E-state index is 14.3. The molecule has 0 aromatic heterocycles. The molecule has 9 heteroatoms. The summed E-state index contributed by atoms with van der Waals surface area (Å²) >= 11 is 0. The fraction of sp³-hybridized carbons (Fsp3) is 0.640. The van der Waals surface area contributed by atoms with Crippen molar-refractivity contribution in [3.8, 4) is 17.2 Å². The van der Waals surface area contributed by atoms with Crippen LogP contribution in [0.2, 0.25) is 0 Å². The highest BCUT2D eigenvalue weighted by atomic mass is 16.7. The van der Waals surface area contributed by atoms with Gasteiger partial charge in [0.15, 0.2) is 0 Å². The highest BCUT2D eigenvalue weighted by Gasteiger charge is 2.65. The number of carbonyl (C=O) groups excluding carboxylic acids is 1. The maximum absolute atomic E-state index is 14.3. The topological polar surface area (TPSA) is 110 Å². The van der Waals surface area contributed by atoms with Gasteiger partial charge in [-0.1, -0.05) is 94.5 Å². The van der Waals surface area contributed by atoms with E-state index in [2.05, 4.69) is 51.6 Å². The number of benzene rings is 2. The molecule has 2 N–H and O–H groups in total. The van der Waals surface area contributed by atoms with Gasteiger partial charge in [0.25, 0.3) is 0 Å². The summed E-state index contributed by atoms with van der Waals surface area (Å²) in [4.78, 5) is 22.0. The Morgan fingerprint density at radius 3 is 2.25 bits per heavy atom. The molecule has 2 aromatic rings. The minimum atomic E-state index is -1.24. The molecule has 5 rings (SSSR count). The molecule has 9 nitrogen and oxygen atoms in total. The molecule has 1 heterocycles. The van der Waals surface area contributed by atoms with Crippen molar-refractivity contribution in [2.24, 2.45) is 22.9 Å². The molecule has 6 atom stereocenters. The van der Waals surface area contributed by atoms with Crippen LogP contribution in [0.5, 0.6) is 17.2 Å². The fourth-order valence-corrected chi connectivity index (χ4v) is 9.78. The summed E-state index contributed by atoms with van der Waals surface area (Å²) in [5, 5.41) is 24.6. The first kappa shape index (κ1) is 46.4. The van der Waals surface area contributed by atoms with Gasteiger partial charge in [0.1, 0.15) is 29.9 Å². The lowest BCUT2D eigenvalue weighted by Crippen LogP contribution is -2.69. The Kier molecular flexibility index (Phi) is 18.4. The predicted molar refractivity (Wildman–Crippen MR) is 237 cm³/mol. The van der Waals surface area contributed by atoms with Crippen molar-refractivity contribution in [1.29, 1.82) is 0 Å². The van der Waals surface area contributed by atoms with E-state index in [1.807, 2.05) is 37.1 Å². The van der Waals surface area contributed by atoms with Crippen molar-refractivity contribution in [2.45, 2.75) is 155 Å². The summed E-state index contributed by atoms with van der Waals surface area (Å²) in [7, 11) is 1.90. The van der Waals surface area contributed by atoms with Crippen molar-refractivity contribution in [3.63, 3.8) is 0 Å². The lowest BCUT2D eigenvalue weighted by molar-refractivity contribution is -0.255. The van der Waals surface area contributed by atoms with E-state index in [9.17, 15) is 15.0 Å². The van der Waals surface area contributed by atoms with Gasteiger partial charge in [0.05, 0.1) is 18.2 Å². The van der Waals surface area contributed by atoms with Crippen molar-refractivity contribution >= 4 is 11.6 Å². The smallest absolute Gasteiger partial charge is 0.239 e. The molecular weight excluding hydrogens is 741 g/mol. The second-order valence-electron chi connectivity index (χ2n) is 17.1. The van der Waals surface area contributed by atoms with Crippen LogP contribution in [0.25, 0.3) is 0 Å². The van der Waals surface area contributed by atoms with E-state index in [0.717, 1.165) is 91.0 Å². The number of nitrogens with zero attached hydrogens (tertiary/aromatic N) is 2. The van der Waals surface area contributed by atoms with Crippen LogP contribution in [0.15, 0.2) is 65.9 Å². The number of amides is 1. The molecule has 326 valence electrons. The van der Waals surface area contributed by atoms with Crippen molar-refractivity contribution in [2.75, 3.05) is 33.5 Å². The molecule has 0 saturated heterocycles. The van der Waals surface area contributed by atoms with Crippen LogP contribution in [0.4, 0.5) is 0 Å². The van der Waals surface area contributed by atoms with E-state index in [1.54, 1.807) is 6.08 Å². The van der Waals surface area contributed by atoms with Gasteiger partial charge in [-0.25, -0.2) is 0 Å². The molecule has 2 aromatic carbocycles. The number of hydrogen-bond acceptors (Lipinski definition) is 8. The number of carbonyl (C=O) groups is 1. The standard InChI is InChI=1S/C50H74N2O7/c1-7-10-11-12-13-14-15-16-17-24-47(55)52(6)46-35-44(51-57-9-3)42-33-38(22-18-20-29-53)41(23-19-21-30-54)48-43-34-40(58-39-26-25-36(4)37(5)32-39)27-28-45(43)59-50(46,49(42)48)56-31-8-2/h8,25-28,32-34,38,41,46,48-49,53-54H,2,7,9-24,29-31,35H2,1,3-6H3. The summed E-state index contributed by atoms with van der Waals surface area (Å²) < 4.78 is 20.9. The third kappa shape index (κ3) is 11.6. The average Bonchev–Trinajstić information content (AvgIpc) is 3.23. The second kappa shape index (κ2) is 23.4. The molecule has 0 spiro atoms. The monoisotopic (exact) mass is 815 g/mol. The molecular formula is C50H74N2O7. The van der Waals surface area contributed by atoms with E-state index >= 15 is 0 Å². The molecule has 1 amide bonds. The molecule has 6 unspecified atom stereocenters. The number of aliphatic hydroxyl groups excluding tert-OH is 2. The highest BCUT2D eigenvalue weighted by Crippen LogP contribution is 2.62. The van der Waals surface area contributed by atoms with Gasteiger partial charge in [-0.05, 0) is 112 Å². The Morgan fingerprint density at radius 2 is 1.58 bits per heavy atom. The minimum Gasteiger partial charge on any atom is -0.459 e. The number of aliphatic hydroxyl groups is 2. The Hall–Kier alpha value is -3.66. The van der Waals surface area contributed by atoms with Crippen LogP contribution in [0.1, 0.15) is 146 Å². The largest absolute Gasteiger partial charge is 0.459 e.